The second-order valence-electron chi connectivity index (χ2n) is 10.8. The van der Waals surface area contributed by atoms with E-state index < -0.39 is 23.8 Å². The van der Waals surface area contributed by atoms with Crippen LogP contribution >= 0.6 is 0 Å². The van der Waals surface area contributed by atoms with Crippen LogP contribution in [0.2, 0.25) is 0 Å². The van der Waals surface area contributed by atoms with Gasteiger partial charge in [0, 0.05) is 12.6 Å². The summed E-state index contributed by atoms with van der Waals surface area (Å²) in [6.07, 6.45) is 2.76. The predicted molar refractivity (Wildman–Crippen MR) is 141 cm³/mol. The van der Waals surface area contributed by atoms with Crippen LogP contribution < -0.4 is 10.6 Å². The number of carbonyl (C=O) groups is 3. The summed E-state index contributed by atoms with van der Waals surface area (Å²) in [4.78, 5) is 41.8. The van der Waals surface area contributed by atoms with Crippen LogP contribution in [0.5, 0.6) is 0 Å². The van der Waals surface area contributed by atoms with Crippen molar-refractivity contribution in [2.45, 2.75) is 112 Å². The number of nitrogens with zero attached hydrogens (tertiary/aromatic N) is 1. The van der Waals surface area contributed by atoms with Gasteiger partial charge in [-0.15, -0.1) is 0 Å². The number of hydrogen-bond acceptors (Lipinski definition) is 4. The van der Waals surface area contributed by atoms with Crippen LogP contribution in [0.4, 0.5) is 4.79 Å². The second-order valence-corrected chi connectivity index (χ2v) is 10.8. The molecule has 1 aromatic rings. The lowest BCUT2D eigenvalue weighted by atomic mass is 9.97. The molecule has 0 bridgehead atoms. The van der Waals surface area contributed by atoms with Crippen LogP contribution in [0, 0.1) is 12.8 Å². The summed E-state index contributed by atoms with van der Waals surface area (Å²) in [6, 6.07) is 6.08. The molecular formula is C28H47N3O4. The maximum absolute atomic E-state index is 14.0. The molecule has 2 N–H and O–H groups in total. The molecule has 0 fully saturated rings. The Hall–Kier alpha value is -2.57. The Morgan fingerprint density at radius 1 is 1.03 bits per heavy atom. The van der Waals surface area contributed by atoms with E-state index in [2.05, 4.69) is 17.6 Å². The molecule has 1 aromatic carbocycles. The van der Waals surface area contributed by atoms with E-state index in [0.29, 0.717) is 6.54 Å². The van der Waals surface area contributed by atoms with Crippen molar-refractivity contribution in [3.8, 4) is 0 Å². The Morgan fingerprint density at radius 2 is 1.69 bits per heavy atom. The molecule has 0 aromatic heterocycles. The molecule has 0 aliphatic heterocycles. The summed E-state index contributed by atoms with van der Waals surface area (Å²) >= 11 is 0. The molecule has 198 valence electrons. The average molecular weight is 490 g/mol. The molecule has 0 aliphatic carbocycles. The van der Waals surface area contributed by atoms with Gasteiger partial charge in [0.15, 0.2) is 0 Å². The summed E-state index contributed by atoms with van der Waals surface area (Å²) in [5, 5.41) is 5.87. The largest absolute Gasteiger partial charge is 0.444 e. The van der Waals surface area contributed by atoms with Crippen molar-refractivity contribution in [2.24, 2.45) is 5.92 Å². The molecule has 0 spiro atoms. The van der Waals surface area contributed by atoms with Gasteiger partial charge in [0.05, 0.1) is 0 Å². The quantitative estimate of drug-likeness (QED) is 0.405. The van der Waals surface area contributed by atoms with Gasteiger partial charge < -0.3 is 20.3 Å². The molecule has 0 radical (unpaired) electrons. The average Bonchev–Trinajstić information content (AvgIpc) is 2.73. The summed E-state index contributed by atoms with van der Waals surface area (Å²) in [5.74, 6) is -0.690. The zero-order chi connectivity index (χ0) is 26.8. The van der Waals surface area contributed by atoms with Gasteiger partial charge in [0.25, 0.3) is 0 Å². The number of amides is 3. The molecule has 7 nitrogen and oxygen atoms in total. The highest BCUT2D eigenvalue weighted by molar-refractivity contribution is 5.92. The highest BCUT2D eigenvalue weighted by Gasteiger charge is 2.37. The Bertz CT molecular complexity index is 832. The fraction of sp³-hybridized carbons (Fsp3) is 0.679. The molecule has 0 heterocycles. The van der Waals surface area contributed by atoms with E-state index in [1.165, 1.54) is 0 Å². The van der Waals surface area contributed by atoms with Gasteiger partial charge in [-0.3, -0.25) is 9.59 Å². The predicted octanol–water partition coefficient (Wildman–Crippen LogP) is 5.52. The topological polar surface area (TPSA) is 87.7 Å². The molecule has 35 heavy (non-hydrogen) atoms. The third kappa shape index (κ3) is 10.3. The van der Waals surface area contributed by atoms with Crippen molar-refractivity contribution in [1.29, 1.82) is 0 Å². The van der Waals surface area contributed by atoms with Crippen LogP contribution in [-0.2, 0) is 14.3 Å². The summed E-state index contributed by atoms with van der Waals surface area (Å²) in [7, 11) is 0. The smallest absolute Gasteiger partial charge is 0.408 e. The number of nitrogens with one attached hydrogen (secondary N) is 2. The van der Waals surface area contributed by atoms with E-state index in [1.54, 1.807) is 25.7 Å². The summed E-state index contributed by atoms with van der Waals surface area (Å²) in [6.45, 7) is 17.6. The van der Waals surface area contributed by atoms with Gasteiger partial charge in [-0.1, -0.05) is 70.4 Å². The zero-order valence-corrected chi connectivity index (χ0v) is 23.2. The second kappa shape index (κ2) is 14.1. The third-order valence-corrected chi connectivity index (χ3v) is 5.67. The van der Waals surface area contributed by atoms with Crippen LogP contribution in [0.25, 0.3) is 0 Å². The molecule has 3 unspecified atom stereocenters. The lowest BCUT2D eigenvalue weighted by Crippen LogP contribution is -2.55. The molecule has 1 rings (SSSR count). The van der Waals surface area contributed by atoms with E-state index in [1.807, 2.05) is 58.9 Å². The molecule has 3 amide bonds. The monoisotopic (exact) mass is 489 g/mol. The van der Waals surface area contributed by atoms with Crippen molar-refractivity contribution in [3.63, 3.8) is 0 Å². The SMILES string of the molecule is CCCCN(C(=O)C(NC(=O)OC(C)(C)C)C(C)C)C(C(=O)NC(C)CCC)c1cccc(C)c1. The molecule has 3 atom stereocenters. The van der Waals surface area contributed by atoms with E-state index in [0.717, 1.165) is 36.8 Å². The van der Waals surface area contributed by atoms with Crippen LogP contribution in [0.3, 0.4) is 0 Å². The number of ether oxygens (including phenoxy) is 1. The fourth-order valence-electron chi connectivity index (χ4n) is 3.96. The molecule has 7 heteroatoms. The first-order valence-electron chi connectivity index (χ1n) is 13.0. The molecular weight excluding hydrogens is 442 g/mol. The minimum atomic E-state index is -0.824. The van der Waals surface area contributed by atoms with Gasteiger partial charge in [-0.2, -0.15) is 0 Å². The van der Waals surface area contributed by atoms with E-state index >= 15 is 0 Å². The highest BCUT2D eigenvalue weighted by Crippen LogP contribution is 2.26. The Morgan fingerprint density at radius 3 is 2.20 bits per heavy atom. The Balaban J connectivity index is 3.44. The van der Waals surface area contributed by atoms with E-state index in [4.69, 9.17) is 4.74 Å². The summed E-state index contributed by atoms with van der Waals surface area (Å²) in [5.41, 5.74) is 1.09. The first-order valence-corrected chi connectivity index (χ1v) is 13.0. The minimum absolute atomic E-state index is 0.0104. The number of aryl methyl sites for hydroxylation is 1. The number of alkyl carbamates (subject to hydrolysis) is 1. The molecule has 0 saturated carbocycles. The fourth-order valence-corrected chi connectivity index (χ4v) is 3.96. The number of unbranched alkanes of at least 4 members (excludes halogenated alkanes) is 1. The van der Waals surface area contributed by atoms with Crippen LogP contribution in [0.15, 0.2) is 24.3 Å². The normalized spacial score (nSPS) is 14.1. The minimum Gasteiger partial charge on any atom is -0.444 e. The zero-order valence-electron chi connectivity index (χ0n) is 23.2. The van der Waals surface area contributed by atoms with Crippen molar-refractivity contribution < 1.29 is 19.1 Å². The Labute approximate surface area is 212 Å². The standard InChI is InChI=1S/C28H47N3O4/c1-10-12-17-31(26(33)23(19(3)4)30-27(34)35-28(7,8)9)24(22-16-13-15-20(5)18-22)25(32)29-21(6)14-11-2/h13,15-16,18-19,21,23-24H,10-12,14,17H2,1-9H3,(H,29,32)(H,30,34). The van der Waals surface area contributed by atoms with E-state index in [-0.39, 0.29) is 23.8 Å². The maximum Gasteiger partial charge on any atom is 0.408 e. The van der Waals surface area contributed by atoms with Gasteiger partial charge >= 0.3 is 6.09 Å². The van der Waals surface area contributed by atoms with Gasteiger partial charge in [0.1, 0.15) is 17.7 Å². The van der Waals surface area contributed by atoms with Crippen molar-refractivity contribution in [3.05, 3.63) is 35.4 Å². The van der Waals surface area contributed by atoms with Crippen molar-refractivity contribution >= 4 is 17.9 Å². The van der Waals surface area contributed by atoms with Gasteiger partial charge in [-0.05, 0) is 58.9 Å². The number of benzene rings is 1. The van der Waals surface area contributed by atoms with Crippen molar-refractivity contribution in [2.75, 3.05) is 6.54 Å². The van der Waals surface area contributed by atoms with Crippen molar-refractivity contribution in [1.82, 2.24) is 15.5 Å². The highest BCUT2D eigenvalue weighted by atomic mass is 16.6. The van der Waals surface area contributed by atoms with Gasteiger partial charge in [-0.25, -0.2) is 4.79 Å². The lowest BCUT2D eigenvalue weighted by Gasteiger charge is -2.36. The number of carbonyl (C=O) groups excluding carboxylic acids is 3. The van der Waals surface area contributed by atoms with E-state index in [9.17, 15) is 14.4 Å². The maximum atomic E-state index is 14.0. The molecule has 0 aliphatic rings. The number of hydrogen-bond donors (Lipinski definition) is 2. The summed E-state index contributed by atoms with van der Waals surface area (Å²) < 4.78 is 5.42. The molecule has 0 saturated heterocycles. The van der Waals surface area contributed by atoms with Gasteiger partial charge in [0.2, 0.25) is 11.8 Å². The lowest BCUT2D eigenvalue weighted by molar-refractivity contribution is -0.143. The third-order valence-electron chi connectivity index (χ3n) is 5.67. The number of rotatable bonds is 12. The van der Waals surface area contributed by atoms with Crippen LogP contribution in [-0.4, -0.2) is 47.0 Å². The first-order chi connectivity index (χ1) is 16.3. The van der Waals surface area contributed by atoms with Crippen LogP contribution in [0.1, 0.15) is 98.2 Å². The Kier molecular flexibility index (Phi) is 12.3. The first kappa shape index (κ1) is 30.5.